The maximum absolute atomic E-state index is 11.4. The summed E-state index contributed by atoms with van der Waals surface area (Å²) in [5.74, 6) is 0.318. The van der Waals surface area contributed by atoms with Gasteiger partial charge in [-0.1, -0.05) is 0 Å². The van der Waals surface area contributed by atoms with Crippen LogP contribution in [0.1, 0.15) is 17.5 Å². The van der Waals surface area contributed by atoms with E-state index in [0.29, 0.717) is 17.8 Å². The van der Waals surface area contributed by atoms with Gasteiger partial charge in [0, 0.05) is 23.9 Å². The first-order valence-corrected chi connectivity index (χ1v) is 6.23. The van der Waals surface area contributed by atoms with E-state index < -0.39 is 0 Å². The molecule has 0 radical (unpaired) electrons. The first-order chi connectivity index (χ1) is 9.55. The molecule has 0 aliphatic rings. The Hall–Kier alpha value is -2.30. The van der Waals surface area contributed by atoms with Crippen LogP contribution < -0.4 is 10.4 Å². The zero-order valence-corrected chi connectivity index (χ0v) is 11.7. The third-order valence-corrected chi connectivity index (χ3v) is 3.18. The van der Waals surface area contributed by atoms with Crippen LogP contribution in [0.2, 0.25) is 0 Å². The lowest BCUT2D eigenvalue weighted by Gasteiger charge is -2.10. The third kappa shape index (κ3) is 2.82. The van der Waals surface area contributed by atoms with Crippen molar-refractivity contribution in [3.63, 3.8) is 0 Å². The zero-order chi connectivity index (χ0) is 14.7. The van der Waals surface area contributed by atoms with Crippen molar-refractivity contribution in [2.24, 2.45) is 0 Å². The fourth-order valence-electron chi connectivity index (χ4n) is 2.12. The molecule has 1 heterocycles. The lowest BCUT2D eigenvalue weighted by molar-refractivity contribution is -0.140. The minimum atomic E-state index is -0.389. The highest BCUT2D eigenvalue weighted by molar-refractivity contribution is 5.83. The maximum Gasteiger partial charge on any atom is 0.336 e. The van der Waals surface area contributed by atoms with E-state index >= 15 is 0 Å². The number of aryl methyl sites for hydroxylation is 2. The molecular weight excluding hydrogens is 260 g/mol. The number of methoxy groups -OCH3 is 2. The molecule has 0 saturated carbocycles. The number of fused-ring (bicyclic) bond motifs is 1. The second-order valence-corrected chi connectivity index (χ2v) is 4.48. The molecule has 0 aliphatic carbocycles. The first-order valence-electron chi connectivity index (χ1n) is 6.23. The van der Waals surface area contributed by atoms with Gasteiger partial charge in [0.2, 0.25) is 0 Å². The molecule has 5 nitrogen and oxygen atoms in total. The Bertz CT molecular complexity index is 699. The van der Waals surface area contributed by atoms with E-state index in [1.807, 2.05) is 13.0 Å². The van der Waals surface area contributed by atoms with E-state index in [1.54, 1.807) is 6.07 Å². The van der Waals surface area contributed by atoms with Crippen molar-refractivity contribution >= 4 is 16.9 Å². The molecule has 2 rings (SSSR count). The van der Waals surface area contributed by atoms with Gasteiger partial charge in [0.05, 0.1) is 14.2 Å². The molecule has 0 spiro atoms. The number of hydrogen-bond acceptors (Lipinski definition) is 5. The van der Waals surface area contributed by atoms with Gasteiger partial charge in [-0.2, -0.15) is 0 Å². The summed E-state index contributed by atoms with van der Waals surface area (Å²) in [5, 5.41) is 0.838. The fourth-order valence-corrected chi connectivity index (χ4v) is 2.12. The monoisotopic (exact) mass is 276 g/mol. The van der Waals surface area contributed by atoms with E-state index in [-0.39, 0.29) is 18.0 Å². The predicted octanol–water partition coefficient (Wildman–Crippen LogP) is 2.22. The van der Waals surface area contributed by atoms with E-state index in [9.17, 15) is 9.59 Å². The molecule has 0 bridgehead atoms. The van der Waals surface area contributed by atoms with Gasteiger partial charge in [0.1, 0.15) is 11.3 Å². The fraction of sp³-hybridized carbons (Fsp3) is 0.333. The molecule has 1 aromatic heterocycles. The summed E-state index contributed by atoms with van der Waals surface area (Å²) in [6, 6.07) is 5.00. The summed E-state index contributed by atoms with van der Waals surface area (Å²) < 4.78 is 15.1. The largest absolute Gasteiger partial charge is 0.496 e. The minimum absolute atomic E-state index is 0.272. The van der Waals surface area contributed by atoms with Crippen molar-refractivity contribution in [3.05, 3.63) is 39.7 Å². The van der Waals surface area contributed by atoms with Gasteiger partial charge < -0.3 is 13.9 Å². The number of hydrogen-bond donors (Lipinski definition) is 0. The Morgan fingerprint density at radius 2 is 2.00 bits per heavy atom. The predicted molar refractivity (Wildman–Crippen MR) is 74.1 cm³/mol. The highest BCUT2D eigenvalue weighted by Crippen LogP contribution is 2.28. The molecule has 2 aromatic rings. The third-order valence-electron chi connectivity index (χ3n) is 3.18. The number of ether oxygens (including phenoxy) is 2. The average Bonchev–Trinajstić information content (AvgIpc) is 2.43. The maximum atomic E-state index is 11.4. The number of carbonyl (C=O) groups is 1. The number of rotatable bonds is 4. The van der Waals surface area contributed by atoms with Crippen LogP contribution in [0.25, 0.3) is 11.0 Å². The summed E-state index contributed by atoms with van der Waals surface area (Å²) >= 11 is 0. The normalized spacial score (nSPS) is 10.6. The Kier molecular flexibility index (Phi) is 4.08. The lowest BCUT2D eigenvalue weighted by atomic mass is 10.0. The summed E-state index contributed by atoms with van der Waals surface area (Å²) in [7, 11) is 2.90. The van der Waals surface area contributed by atoms with Crippen LogP contribution in [0.5, 0.6) is 5.75 Å². The summed E-state index contributed by atoms with van der Waals surface area (Å²) in [6.45, 7) is 1.84. The van der Waals surface area contributed by atoms with E-state index in [0.717, 1.165) is 16.5 Å². The molecule has 0 saturated heterocycles. The highest BCUT2D eigenvalue weighted by atomic mass is 16.5. The Labute approximate surface area is 116 Å². The Morgan fingerprint density at radius 3 is 2.65 bits per heavy atom. The molecule has 0 unspecified atom stereocenters. The van der Waals surface area contributed by atoms with Crippen molar-refractivity contribution in [2.45, 2.75) is 19.8 Å². The van der Waals surface area contributed by atoms with Gasteiger partial charge in [0.25, 0.3) is 0 Å². The molecule has 0 aliphatic heterocycles. The van der Waals surface area contributed by atoms with Gasteiger partial charge in [-0.3, -0.25) is 4.79 Å². The van der Waals surface area contributed by atoms with Gasteiger partial charge in [0.15, 0.2) is 0 Å². The Morgan fingerprint density at radius 1 is 1.25 bits per heavy atom. The standard InChI is InChI=1S/C15H16O5/c1-9-6-15(17)20-13-8-12(18-2)10(7-11(9)13)4-5-14(16)19-3/h6-8H,4-5H2,1-3H3. The highest BCUT2D eigenvalue weighted by Gasteiger charge is 2.11. The molecule has 106 valence electrons. The van der Waals surface area contributed by atoms with Crippen LogP contribution in [-0.2, 0) is 16.0 Å². The van der Waals surface area contributed by atoms with Crippen LogP contribution in [0.15, 0.2) is 27.4 Å². The van der Waals surface area contributed by atoms with Gasteiger partial charge in [-0.25, -0.2) is 4.79 Å². The first kappa shape index (κ1) is 14.1. The number of esters is 1. The smallest absolute Gasteiger partial charge is 0.336 e. The van der Waals surface area contributed by atoms with Gasteiger partial charge >= 0.3 is 11.6 Å². The van der Waals surface area contributed by atoms with Gasteiger partial charge in [-0.15, -0.1) is 0 Å². The van der Waals surface area contributed by atoms with Crippen LogP contribution >= 0.6 is 0 Å². The van der Waals surface area contributed by atoms with Crippen LogP contribution in [0, 0.1) is 6.92 Å². The van der Waals surface area contributed by atoms with Crippen LogP contribution in [0.4, 0.5) is 0 Å². The number of benzene rings is 1. The lowest BCUT2D eigenvalue weighted by Crippen LogP contribution is -2.04. The molecular formula is C15H16O5. The zero-order valence-electron chi connectivity index (χ0n) is 11.7. The minimum Gasteiger partial charge on any atom is -0.496 e. The molecule has 5 heteroatoms. The molecule has 0 N–H and O–H groups in total. The average molecular weight is 276 g/mol. The van der Waals surface area contributed by atoms with Crippen molar-refractivity contribution in [1.29, 1.82) is 0 Å². The summed E-state index contributed by atoms with van der Waals surface area (Å²) in [4.78, 5) is 22.6. The summed E-state index contributed by atoms with van der Waals surface area (Å²) in [5.41, 5.74) is 1.80. The number of carbonyl (C=O) groups excluding carboxylic acids is 1. The van der Waals surface area contributed by atoms with E-state index in [1.165, 1.54) is 20.3 Å². The van der Waals surface area contributed by atoms with Crippen molar-refractivity contribution < 1.29 is 18.7 Å². The SMILES string of the molecule is COC(=O)CCc1cc2c(C)cc(=O)oc2cc1OC. The van der Waals surface area contributed by atoms with Crippen LogP contribution in [0.3, 0.4) is 0 Å². The van der Waals surface area contributed by atoms with E-state index in [2.05, 4.69) is 4.74 Å². The van der Waals surface area contributed by atoms with Crippen molar-refractivity contribution in [2.75, 3.05) is 14.2 Å². The Balaban J connectivity index is 2.48. The molecule has 1 aromatic carbocycles. The van der Waals surface area contributed by atoms with Crippen molar-refractivity contribution in [1.82, 2.24) is 0 Å². The molecule has 0 amide bonds. The quantitative estimate of drug-likeness (QED) is 0.632. The van der Waals surface area contributed by atoms with Crippen molar-refractivity contribution in [3.8, 4) is 5.75 Å². The van der Waals surface area contributed by atoms with Gasteiger partial charge in [-0.05, 0) is 30.5 Å². The van der Waals surface area contributed by atoms with Crippen LogP contribution in [-0.4, -0.2) is 20.2 Å². The molecule has 0 atom stereocenters. The second-order valence-electron chi connectivity index (χ2n) is 4.48. The second kappa shape index (κ2) is 5.77. The van der Waals surface area contributed by atoms with E-state index in [4.69, 9.17) is 9.15 Å². The molecule has 20 heavy (non-hydrogen) atoms. The molecule has 0 fully saturated rings. The summed E-state index contributed by atoms with van der Waals surface area (Å²) in [6.07, 6.45) is 0.776. The topological polar surface area (TPSA) is 65.7 Å².